The highest BCUT2D eigenvalue weighted by molar-refractivity contribution is 9.10. The molecule has 0 fully saturated rings. The van der Waals surface area contributed by atoms with Crippen molar-refractivity contribution in [3.8, 4) is 5.75 Å². The van der Waals surface area contributed by atoms with Gasteiger partial charge in [0, 0.05) is 11.5 Å². The van der Waals surface area contributed by atoms with Crippen LogP contribution in [0.25, 0.3) is 0 Å². The lowest BCUT2D eigenvalue weighted by Gasteiger charge is -2.08. The normalized spacial score (nSPS) is 10.5. The zero-order valence-electron chi connectivity index (χ0n) is 9.21. The number of rotatable bonds is 4. The first-order chi connectivity index (χ1) is 7.06. The third-order valence-corrected chi connectivity index (χ3v) is 2.66. The molecule has 82 valence electrons. The van der Waals surface area contributed by atoms with E-state index in [1.165, 1.54) is 0 Å². The average molecular weight is 271 g/mol. The number of hydrogen-bond acceptors (Lipinski definition) is 2. The molecule has 15 heavy (non-hydrogen) atoms. The molecule has 0 aliphatic heterocycles. The Morgan fingerprint density at radius 2 is 2.13 bits per heavy atom. The molecule has 1 aromatic rings. The second kappa shape index (κ2) is 5.31. The van der Waals surface area contributed by atoms with Gasteiger partial charge in [0.25, 0.3) is 0 Å². The van der Waals surface area contributed by atoms with E-state index < -0.39 is 0 Å². The molecule has 3 heteroatoms. The molecule has 1 rings (SSSR count). The maximum Gasteiger partial charge on any atom is 0.165 e. The average Bonchev–Trinajstić information content (AvgIpc) is 2.20. The Hall–Kier alpha value is -0.830. The molecule has 0 spiro atoms. The highest BCUT2D eigenvalue weighted by atomic mass is 79.9. The number of Topliss-reactive ketones (excluding diaryl/α,β-unsaturated/α-hetero) is 1. The van der Waals surface area contributed by atoms with Crippen LogP contribution in [0.3, 0.4) is 0 Å². The molecule has 0 amide bonds. The lowest BCUT2D eigenvalue weighted by Crippen LogP contribution is -2.07. The summed E-state index contributed by atoms with van der Waals surface area (Å²) < 4.78 is 6.20. The second-order valence-corrected chi connectivity index (χ2v) is 4.45. The summed E-state index contributed by atoms with van der Waals surface area (Å²) in [5.41, 5.74) is 0.723. The molecule has 0 aliphatic carbocycles. The van der Waals surface area contributed by atoms with Gasteiger partial charge < -0.3 is 4.74 Å². The topological polar surface area (TPSA) is 26.3 Å². The Labute approximate surface area is 98.8 Å². The van der Waals surface area contributed by atoms with Crippen LogP contribution in [0, 0.1) is 5.92 Å². The smallest absolute Gasteiger partial charge is 0.165 e. The van der Waals surface area contributed by atoms with E-state index in [9.17, 15) is 4.79 Å². The number of ether oxygens (including phenoxy) is 1. The van der Waals surface area contributed by atoms with Gasteiger partial charge in [-0.3, -0.25) is 4.79 Å². The quantitative estimate of drug-likeness (QED) is 0.781. The van der Waals surface area contributed by atoms with Crippen LogP contribution in [-0.4, -0.2) is 12.4 Å². The number of carbonyl (C=O) groups excluding carboxylic acids is 1. The molecular weight excluding hydrogens is 256 g/mol. The SMILES string of the molecule is CCOc1ccc(C(=O)C(C)C)cc1Br. The van der Waals surface area contributed by atoms with E-state index in [-0.39, 0.29) is 11.7 Å². The Morgan fingerprint density at radius 3 is 2.60 bits per heavy atom. The molecule has 0 radical (unpaired) electrons. The van der Waals surface area contributed by atoms with Crippen LogP contribution in [0.2, 0.25) is 0 Å². The van der Waals surface area contributed by atoms with Gasteiger partial charge in [0.15, 0.2) is 5.78 Å². The molecule has 2 nitrogen and oxygen atoms in total. The first-order valence-corrected chi connectivity index (χ1v) is 5.82. The fourth-order valence-electron chi connectivity index (χ4n) is 1.26. The first-order valence-electron chi connectivity index (χ1n) is 5.02. The van der Waals surface area contributed by atoms with Crippen LogP contribution >= 0.6 is 15.9 Å². The number of benzene rings is 1. The van der Waals surface area contributed by atoms with E-state index in [2.05, 4.69) is 15.9 Å². The Morgan fingerprint density at radius 1 is 1.47 bits per heavy atom. The predicted octanol–water partition coefficient (Wildman–Crippen LogP) is 3.69. The van der Waals surface area contributed by atoms with Gasteiger partial charge in [-0.05, 0) is 41.1 Å². The maximum atomic E-state index is 11.7. The molecular formula is C12H15BrO2. The summed E-state index contributed by atoms with van der Waals surface area (Å²) in [6, 6.07) is 5.44. The Bertz CT molecular complexity index is 359. The van der Waals surface area contributed by atoms with Gasteiger partial charge in [0.1, 0.15) is 5.75 Å². The van der Waals surface area contributed by atoms with Gasteiger partial charge in [-0.2, -0.15) is 0 Å². The van der Waals surface area contributed by atoms with E-state index in [4.69, 9.17) is 4.74 Å². The van der Waals surface area contributed by atoms with E-state index in [0.717, 1.165) is 15.8 Å². The molecule has 0 saturated carbocycles. The summed E-state index contributed by atoms with van der Waals surface area (Å²) in [7, 11) is 0. The van der Waals surface area contributed by atoms with Crippen LogP contribution < -0.4 is 4.74 Å². The number of carbonyl (C=O) groups is 1. The summed E-state index contributed by atoms with van der Waals surface area (Å²) in [4.78, 5) is 11.7. The van der Waals surface area contributed by atoms with Crippen LogP contribution in [0.1, 0.15) is 31.1 Å². The van der Waals surface area contributed by atoms with Crippen LogP contribution in [0.4, 0.5) is 0 Å². The van der Waals surface area contributed by atoms with Crippen molar-refractivity contribution in [2.24, 2.45) is 5.92 Å². The maximum absolute atomic E-state index is 11.7. The fraction of sp³-hybridized carbons (Fsp3) is 0.417. The molecule has 0 aromatic heterocycles. The van der Waals surface area contributed by atoms with E-state index in [0.29, 0.717) is 6.61 Å². The van der Waals surface area contributed by atoms with Crippen molar-refractivity contribution >= 4 is 21.7 Å². The predicted molar refractivity (Wildman–Crippen MR) is 64.5 cm³/mol. The largest absolute Gasteiger partial charge is 0.493 e. The molecule has 0 bridgehead atoms. The minimum atomic E-state index is 0.0230. The lowest BCUT2D eigenvalue weighted by molar-refractivity contribution is 0.0939. The van der Waals surface area contributed by atoms with E-state index in [1.54, 1.807) is 6.07 Å². The van der Waals surface area contributed by atoms with Crippen molar-refractivity contribution in [2.75, 3.05) is 6.61 Å². The molecule has 0 aliphatic rings. The summed E-state index contributed by atoms with van der Waals surface area (Å²) in [5, 5.41) is 0. The van der Waals surface area contributed by atoms with Crippen molar-refractivity contribution in [2.45, 2.75) is 20.8 Å². The minimum Gasteiger partial charge on any atom is -0.493 e. The van der Waals surface area contributed by atoms with Gasteiger partial charge in [0.2, 0.25) is 0 Å². The summed E-state index contributed by atoms with van der Waals surface area (Å²) in [6.45, 7) is 6.34. The zero-order chi connectivity index (χ0) is 11.4. The number of ketones is 1. The van der Waals surface area contributed by atoms with Gasteiger partial charge in [-0.1, -0.05) is 13.8 Å². The van der Waals surface area contributed by atoms with Crippen molar-refractivity contribution in [1.82, 2.24) is 0 Å². The second-order valence-electron chi connectivity index (χ2n) is 3.60. The first kappa shape index (κ1) is 12.2. The van der Waals surface area contributed by atoms with E-state index in [1.807, 2.05) is 32.9 Å². The van der Waals surface area contributed by atoms with Crippen LogP contribution in [-0.2, 0) is 0 Å². The van der Waals surface area contributed by atoms with Gasteiger partial charge >= 0.3 is 0 Å². The molecule has 0 unspecified atom stereocenters. The van der Waals surface area contributed by atoms with Crippen molar-refractivity contribution in [3.05, 3.63) is 28.2 Å². The van der Waals surface area contributed by atoms with Crippen molar-refractivity contribution in [1.29, 1.82) is 0 Å². The third-order valence-electron chi connectivity index (χ3n) is 2.04. The summed E-state index contributed by atoms with van der Waals surface area (Å²) >= 11 is 3.39. The number of hydrogen-bond donors (Lipinski definition) is 0. The van der Waals surface area contributed by atoms with Crippen molar-refractivity contribution < 1.29 is 9.53 Å². The van der Waals surface area contributed by atoms with Crippen molar-refractivity contribution in [3.63, 3.8) is 0 Å². The monoisotopic (exact) mass is 270 g/mol. The standard InChI is InChI=1S/C12H15BrO2/c1-4-15-11-6-5-9(7-10(11)13)12(14)8(2)3/h5-8H,4H2,1-3H3. The zero-order valence-corrected chi connectivity index (χ0v) is 10.8. The molecule has 0 heterocycles. The number of halogens is 1. The van der Waals surface area contributed by atoms with Crippen LogP contribution in [0.5, 0.6) is 5.75 Å². The Balaban J connectivity index is 2.96. The molecule has 0 saturated heterocycles. The van der Waals surface area contributed by atoms with Crippen LogP contribution in [0.15, 0.2) is 22.7 Å². The molecule has 1 aromatic carbocycles. The lowest BCUT2D eigenvalue weighted by atomic mass is 10.0. The minimum absolute atomic E-state index is 0.0230. The highest BCUT2D eigenvalue weighted by Crippen LogP contribution is 2.26. The molecule has 0 atom stereocenters. The highest BCUT2D eigenvalue weighted by Gasteiger charge is 2.12. The fourth-order valence-corrected chi connectivity index (χ4v) is 1.75. The molecule has 0 N–H and O–H groups in total. The van der Waals surface area contributed by atoms with Gasteiger partial charge in [0.05, 0.1) is 11.1 Å². The Kier molecular flexibility index (Phi) is 4.33. The summed E-state index contributed by atoms with van der Waals surface area (Å²) in [5.74, 6) is 0.950. The summed E-state index contributed by atoms with van der Waals surface area (Å²) in [6.07, 6.45) is 0. The van der Waals surface area contributed by atoms with Gasteiger partial charge in [-0.25, -0.2) is 0 Å². The van der Waals surface area contributed by atoms with Gasteiger partial charge in [-0.15, -0.1) is 0 Å². The van der Waals surface area contributed by atoms with E-state index >= 15 is 0 Å². The third kappa shape index (κ3) is 3.06.